The first kappa shape index (κ1) is 20.3. The summed E-state index contributed by atoms with van der Waals surface area (Å²) in [4.78, 5) is 23.7. The molecular formula is C23H27N5O. The van der Waals surface area contributed by atoms with Crippen LogP contribution in [0.2, 0.25) is 0 Å². The molecule has 6 nitrogen and oxygen atoms in total. The van der Waals surface area contributed by atoms with Gasteiger partial charge in [-0.15, -0.1) is 0 Å². The summed E-state index contributed by atoms with van der Waals surface area (Å²) >= 11 is 0. The summed E-state index contributed by atoms with van der Waals surface area (Å²) in [6.07, 6.45) is 0. The number of anilines is 2. The maximum atomic E-state index is 13.0. The van der Waals surface area contributed by atoms with Crippen molar-refractivity contribution in [1.82, 2.24) is 15.3 Å². The molecule has 0 saturated heterocycles. The molecule has 2 N–H and O–H groups in total. The second-order valence-corrected chi connectivity index (χ2v) is 7.03. The van der Waals surface area contributed by atoms with Crippen LogP contribution in [-0.4, -0.2) is 43.1 Å². The smallest absolute Gasteiger partial charge is 0.232 e. The Hall–Kier alpha value is -3.41. The maximum Gasteiger partial charge on any atom is 0.232 e. The first-order chi connectivity index (χ1) is 14.0. The Kier molecular flexibility index (Phi) is 6.79. The van der Waals surface area contributed by atoms with Crippen molar-refractivity contribution in [3.63, 3.8) is 0 Å². The van der Waals surface area contributed by atoms with Crippen molar-refractivity contribution < 1.29 is 4.79 Å². The van der Waals surface area contributed by atoms with E-state index in [1.54, 1.807) is 0 Å². The summed E-state index contributed by atoms with van der Waals surface area (Å²) in [6, 6.07) is 21.6. The number of hydrogen-bond donors (Lipinski definition) is 2. The molecule has 0 aliphatic carbocycles. The monoisotopic (exact) mass is 389 g/mol. The number of amides is 1. The molecule has 0 bridgehead atoms. The zero-order valence-electron chi connectivity index (χ0n) is 17.1. The third kappa shape index (κ3) is 5.54. The molecule has 0 unspecified atom stereocenters. The lowest BCUT2D eigenvalue weighted by Crippen LogP contribution is -2.33. The van der Waals surface area contributed by atoms with E-state index >= 15 is 0 Å². The highest BCUT2D eigenvalue weighted by Gasteiger charge is 2.21. The van der Waals surface area contributed by atoms with Gasteiger partial charge in [0, 0.05) is 33.3 Å². The topological polar surface area (TPSA) is 70.2 Å². The van der Waals surface area contributed by atoms with Crippen LogP contribution in [0.25, 0.3) is 0 Å². The van der Waals surface area contributed by atoms with Crippen molar-refractivity contribution in [1.29, 1.82) is 0 Å². The van der Waals surface area contributed by atoms with E-state index in [4.69, 9.17) is 0 Å². The lowest BCUT2D eigenvalue weighted by Gasteiger charge is -2.18. The Labute approximate surface area is 172 Å². The number of carbonyl (C=O) groups excluding carboxylic acids is 1. The normalized spacial score (nSPS) is 10.6. The van der Waals surface area contributed by atoms with E-state index in [0.717, 1.165) is 22.8 Å². The van der Waals surface area contributed by atoms with E-state index in [1.807, 2.05) is 92.6 Å². The third-order valence-corrected chi connectivity index (χ3v) is 4.54. The number of aromatic nitrogens is 2. The molecule has 1 amide bonds. The molecule has 0 aliphatic heterocycles. The van der Waals surface area contributed by atoms with Crippen LogP contribution in [0.4, 0.5) is 11.6 Å². The van der Waals surface area contributed by atoms with Gasteiger partial charge in [-0.2, -0.15) is 0 Å². The van der Waals surface area contributed by atoms with Crippen LogP contribution in [-0.2, 0) is 4.79 Å². The third-order valence-electron chi connectivity index (χ3n) is 4.54. The summed E-state index contributed by atoms with van der Waals surface area (Å²) in [5.41, 5.74) is 1.96. The van der Waals surface area contributed by atoms with E-state index in [0.29, 0.717) is 18.9 Å². The van der Waals surface area contributed by atoms with Gasteiger partial charge in [0.05, 0.1) is 5.92 Å². The van der Waals surface area contributed by atoms with Crippen LogP contribution in [0.1, 0.15) is 22.9 Å². The quantitative estimate of drug-likeness (QED) is 0.579. The van der Waals surface area contributed by atoms with E-state index in [-0.39, 0.29) is 11.8 Å². The van der Waals surface area contributed by atoms with Crippen molar-refractivity contribution in [3.8, 4) is 0 Å². The molecule has 0 fully saturated rings. The molecule has 0 radical (unpaired) electrons. The lowest BCUT2D eigenvalue weighted by atomic mass is 9.90. The highest BCUT2D eigenvalue weighted by atomic mass is 16.1. The van der Waals surface area contributed by atoms with Gasteiger partial charge in [0.15, 0.2) is 0 Å². The Morgan fingerprint density at radius 1 is 0.931 bits per heavy atom. The van der Waals surface area contributed by atoms with Crippen LogP contribution in [0, 0.1) is 6.92 Å². The zero-order valence-corrected chi connectivity index (χ0v) is 17.1. The van der Waals surface area contributed by atoms with E-state index in [1.165, 1.54) is 0 Å². The van der Waals surface area contributed by atoms with Crippen LogP contribution in [0.3, 0.4) is 0 Å². The number of hydrogen-bond acceptors (Lipinski definition) is 5. The average Bonchev–Trinajstić information content (AvgIpc) is 2.72. The number of nitrogens with one attached hydrogen (secondary N) is 2. The minimum atomic E-state index is -0.334. The second kappa shape index (κ2) is 9.68. The van der Waals surface area contributed by atoms with Crippen molar-refractivity contribution in [2.75, 3.05) is 37.4 Å². The predicted molar refractivity (Wildman–Crippen MR) is 117 cm³/mol. The summed E-state index contributed by atoms with van der Waals surface area (Å²) in [6.45, 7) is 2.94. The molecule has 150 valence electrons. The van der Waals surface area contributed by atoms with Crippen LogP contribution < -0.4 is 15.5 Å². The molecule has 3 rings (SSSR count). The molecule has 29 heavy (non-hydrogen) atoms. The molecule has 1 aromatic heterocycles. The van der Waals surface area contributed by atoms with Crippen LogP contribution >= 0.6 is 0 Å². The Balaban J connectivity index is 1.63. The standard InChI is InChI=1S/C23H27N5O/c1-17-26-20(16-21(27-17)28(2)3)24-14-15-25-23(29)22(18-10-6-4-7-11-18)19-12-8-5-9-13-19/h4-13,16,22H,14-15H2,1-3H3,(H,25,29)(H,24,26,27). The molecule has 1 heterocycles. The fourth-order valence-electron chi connectivity index (χ4n) is 3.14. The second-order valence-electron chi connectivity index (χ2n) is 7.03. The maximum absolute atomic E-state index is 13.0. The van der Waals surface area contributed by atoms with Gasteiger partial charge >= 0.3 is 0 Å². The van der Waals surface area contributed by atoms with Gasteiger partial charge < -0.3 is 15.5 Å². The highest BCUT2D eigenvalue weighted by molar-refractivity contribution is 5.87. The van der Waals surface area contributed by atoms with Gasteiger partial charge in [0.25, 0.3) is 0 Å². The zero-order chi connectivity index (χ0) is 20.6. The fraction of sp³-hybridized carbons (Fsp3) is 0.261. The molecule has 0 aliphatic rings. The fourth-order valence-corrected chi connectivity index (χ4v) is 3.14. The Morgan fingerprint density at radius 3 is 2.07 bits per heavy atom. The summed E-state index contributed by atoms with van der Waals surface area (Å²) in [5.74, 6) is 1.95. The SMILES string of the molecule is Cc1nc(NCCNC(=O)C(c2ccccc2)c2ccccc2)cc(N(C)C)n1. The number of carbonyl (C=O) groups is 1. The molecule has 3 aromatic rings. The first-order valence-corrected chi connectivity index (χ1v) is 9.69. The van der Waals surface area contributed by atoms with Crippen molar-refractivity contribution in [2.24, 2.45) is 0 Å². The van der Waals surface area contributed by atoms with E-state index in [9.17, 15) is 4.79 Å². The molecule has 6 heteroatoms. The molecule has 2 aromatic carbocycles. The van der Waals surface area contributed by atoms with Crippen molar-refractivity contribution in [2.45, 2.75) is 12.8 Å². The lowest BCUT2D eigenvalue weighted by molar-refractivity contribution is -0.121. The first-order valence-electron chi connectivity index (χ1n) is 9.69. The van der Waals surface area contributed by atoms with E-state index in [2.05, 4.69) is 20.6 Å². The van der Waals surface area contributed by atoms with Gasteiger partial charge in [-0.3, -0.25) is 4.79 Å². The Bertz CT molecular complexity index is 889. The van der Waals surface area contributed by atoms with Crippen LogP contribution in [0.5, 0.6) is 0 Å². The summed E-state index contributed by atoms with van der Waals surface area (Å²) < 4.78 is 0. The highest BCUT2D eigenvalue weighted by Crippen LogP contribution is 2.24. The Morgan fingerprint density at radius 2 is 1.52 bits per heavy atom. The van der Waals surface area contributed by atoms with E-state index < -0.39 is 0 Å². The molecule has 0 spiro atoms. The number of rotatable bonds is 8. The van der Waals surface area contributed by atoms with Crippen molar-refractivity contribution >= 4 is 17.5 Å². The summed E-state index contributed by atoms with van der Waals surface area (Å²) in [7, 11) is 3.89. The van der Waals surface area contributed by atoms with Gasteiger partial charge in [0.1, 0.15) is 17.5 Å². The average molecular weight is 390 g/mol. The van der Waals surface area contributed by atoms with Gasteiger partial charge in [0.2, 0.25) is 5.91 Å². The van der Waals surface area contributed by atoms with Crippen molar-refractivity contribution in [3.05, 3.63) is 83.7 Å². The number of aryl methyl sites for hydroxylation is 1. The molecule has 0 atom stereocenters. The molecular weight excluding hydrogens is 362 g/mol. The predicted octanol–water partition coefficient (Wildman–Crippen LogP) is 3.21. The summed E-state index contributed by atoms with van der Waals surface area (Å²) in [5, 5.41) is 6.31. The van der Waals surface area contributed by atoms with Gasteiger partial charge in [-0.05, 0) is 18.1 Å². The number of nitrogens with zero attached hydrogens (tertiary/aromatic N) is 3. The minimum absolute atomic E-state index is 0.0166. The number of benzene rings is 2. The van der Waals surface area contributed by atoms with Gasteiger partial charge in [-0.1, -0.05) is 60.7 Å². The van der Waals surface area contributed by atoms with Gasteiger partial charge in [-0.25, -0.2) is 9.97 Å². The van der Waals surface area contributed by atoms with Crippen LogP contribution in [0.15, 0.2) is 66.7 Å². The molecule has 0 saturated carbocycles. The minimum Gasteiger partial charge on any atom is -0.368 e. The largest absolute Gasteiger partial charge is 0.368 e.